The molecule has 4 nitrogen and oxygen atoms in total. The number of aldehydes is 1. The minimum atomic E-state index is -1.75. The van der Waals surface area contributed by atoms with E-state index in [4.69, 9.17) is 0 Å². The Morgan fingerprint density at radius 1 is 1.10 bits per heavy atom. The van der Waals surface area contributed by atoms with Crippen LogP contribution in [0, 0.1) is 17.5 Å². The average Bonchev–Trinajstić information content (AvgIpc) is 2.48. The lowest BCUT2D eigenvalue weighted by Crippen LogP contribution is -2.13. The molecule has 0 spiro atoms. The lowest BCUT2D eigenvalue weighted by molar-refractivity contribution is 0.0720. The van der Waals surface area contributed by atoms with Crippen LogP contribution < -0.4 is 4.74 Å². The molecule has 0 bridgehead atoms. The zero-order chi connectivity index (χ0) is 14.7. The van der Waals surface area contributed by atoms with Gasteiger partial charge in [0.15, 0.2) is 23.7 Å². The normalized spacial score (nSPS) is 10.2. The molecule has 0 saturated carbocycles. The van der Waals surface area contributed by atoms with Crippen molar-refractivity contribution in [3.05, 3.63) is 59.2 Å². The largest absolute Gasteiger partial charge is 0.419 e. The fraction of sp³-hybridized carbons (Fsp3) is 0. The van der Waals surface area contributed by atoms with Gasteiger partial charge in [-0.3, -0.25) is 4.79 Å². The fourth-order valence-corrected chi connectivity index (χ4v) is 1.37. The molecule has 0 saturated heterocycles. The molecule has 2 aromatic rings. The zero-order valence-electron chi connectivity index (χ0n) is 9.77. The SMILES string of the molecule is O=Cc1cccc(C(=O)Oc2ccc(F)c(F)c2F)n1. The highest BCUT2D eigenvalue weighted by molar-refractivity contribution is 5.90. The van der Waals surface area contributed by atoms with Crippen LogP contribution in [0.15, 0.2) is 30.3 Å². The third-order valence-electron chi connectivity index (χ3n) is 2.30. The highest BCUT2D eigenvalue weighted by Gasteiger charge is 2.18. The van der Waals surface area contributed by atoms with Gasteiger partial charge in [-0.2, -0.15) is 4.39 Å². The van der Waals surface area contributed by atoms with Gasteiger partial charge in [-0.05, 0) is 24.3 Å². The monoisotopic (exact) mass is 281 g/mol. The van der Waals surface area contributed by atoms with Crippen molar-refractivity contribution in [3.8, 4) is 5.75 Å². The Hall–Kier alpha value is -2.70. The molecule has 1 aromatic carbocycles. The summed E-state index contributed by atoms with van der Waals surface area (Å²) in [7, 11) is 0. The number of nitrogens with zero attached hydrogens (tertiary/aromatic N) is 1. The van der Waals surface area contributed by atoms with E-state index >= 15 is 0 Å². The number of hydrogen-bond acceptors (Lipinski definition) is 4. The predicted molar refractivity (Wildman–Crippen MR) is 60.9 cm³/mol. The van der Waals surface area contributed by atoms with E-state index in [1.165, 1.54) is 18.2 Å². The van der Waals surface area contributed by atoms with Crippen molar-refractivity contribution in [1.82, 2.24) is 4.98 Å². The average molecular weight is 281 g/mol. The summed E-state index contributed by atoms with van der Waals surface area (Å²) < 4.78 is 43.6. The lowest BCUT2D eigenvalue weighted by Gasteiger charge is -2.06. The van der Waals surface area contributed by atoms with Gasteiger partial charge in [0.1, 0.15) is 11.4 Å². The third kappa shape index (κ3) is 2.66. The molecule has 102 valence electrons. The first-order valence-corrected chi connectivity index (χ1v) is 5.31. The van der Waals surface area contributed by atoms with Crippen molar-refractivity contribution >= 4 is 12.3 Å². The second kappa shape index (κ2) is 5.52. The minimum Gasteiger partial charge on any atom is -0.419 e. The summed E-state index contributed by atoms with van der Waals surface area (Å²) >= 11 is 0. The van der Waals surface area contributed by atoms with Crippen molar-refractivity contribution in [2.45, 2.75) is 0 Å². The Morgan fingerprint density at radius 2 is 1.85 bits per heavy atom. The van der Waals surface area contributed by atoms with Crippen molar-refractivity contribution in [3.63, 3.8) is 0 Å². The van der Waals surface area contributed by atoms with Crippen LogP contribution in [0.4, 0.5) is 13.2 Å². The Balaban J connectivity index is 2.28. The van der Waals surface area contributed by atoms with Gasteiger partial charge >= 0.3 is 5.97 Å². The quantitative estimate of drug-likeness (QED) is 0.375. The molecule has 0 atom stereocenters. The second-order valence-electron chi connectivity index (χ2n) is 3.63. The zero-order valence-corrected chi connectivity index (χ0v) is 9.77. The lowest BCUT2D eigenvalue weighted by atomic mass is 10.3. The fourth-order valence-electron chi connectivity index (χ4n) is 1.37. The van der Waals surface area contributed by atoms with Crippen LogP contribution in [0.3, 0.4) is 0 Å². The van der Waals surface area contributed by atoms with E-state index in [1.54, 1.807) is 0 Å². The molecule has 7 heteroatoms. The first-order chi connectivity index (χ1) is 9.52. The summed E-state index contributed by atoms with van der Waals surface area (Å²) in [5, 5.41) is 0. The van der Waals surface area contributed by atoms with Gasteiger partial charge in [0.05, 0.1) is 0 Å². The van der Waals surface area contributed by atoms with Gasteiger partial charge in [0.25, 0.3) is 0 Å². The predicted octanol–water partition coefficient (Wildman–Crippen LogP) is 2.53. The van der Waals surface area contributed by atoms with E-state index < -0.39 is 29.2 Å². The summed E-state index contributed by atoms with van der Waals surface area (Å²) in [5.41, 5.74) is -0.288. The van der Waals surface area contributed by atoms with Crippen LogP contribution in [0.25, 0.3) is 0 Å². The maximum Gasteiger partial charge on any atom is 0.362 e. The van der Waals surface area contributed by atoms with Gasteiger partial charge in [-0.1, -0.05) is 6.07 Å². The van der Waals surface area contributed by atoms with E-state index in [0.717, 1.165) is 6.07 Å². The summed E-state index contributed by atoms with van der Waals surface area (Å²) in [6.07, 6.45) is 0.412. The number of carbonyl (C=O) groups excluding carboxylic acids is 2. The maximum absolute atomic E-state index is 13.3. The Morgan fingerprint density at radius 3 is 2.55 bits per heavy atom. The van der Waals surface area contributed by atoms with Crippen LogP contribution in [-0.2, 0) is 0 Å². The molecule has 0 unspecified atom stereocenters. The molecule has 0 amide bonds. The molecule has 1 heterocycles. The molecular formula is C13H6F3NO3. The Bertz CT molecular complexity index is 689. The smallest absolute Gasteiger partial charge is 0.362 e. The van der Waals surface area contributed by atoms with E-state index in [-0.39, 0.29) is 11.4 Å². The van der Waals surface area contributed by atoms with Gasteiger partial charge in [0, 0.05) is 0 Å². The summed E-state index contributed by atoms with van der Waals surface area (Å²) in [6.45, 7) is 0. The molecule has 0 aliphatic carbocycles. The molecule has 0 fully saturated rings. The molecule has 0 N–H and O–H groups in total. The van der Waals surface area contributed by atoms with Crippen LogP contribution in [0.1, 0.15) is 21.0 Å². The number of esters is 1. The molecule has 0 aliphatic heterocycles. The van der Waals surface area contributed by atoms with Gasteiger partial charge in [-0.25, -0.2) is 18.6 Å². The van der Waals surface area contributed by atoms with Crippen molar-refractivity contribution in [1.29, 1.82) is 0 Å². The second-order valence-corrected chi connectivity index (χ2v) is 3.63. The third-order valence-corrected chi connectivity index (χ3v) is 2.30. The summed E-state index contributed by atoms with van der Waals surface area (Å²) in [4.78, 5) is 25.8. The van der Waals surface area contributed by atoms with E-state index in [9.17, 15) is 22.8 Å². The van der Waals surface area contributed by atoms with Crippen LogP contribution in [0.2, 0.25) is 0 Å². The molecule has 20 heavy (non-hydrogen) atoms. The Labute approximate surface area is 110 Å². The number of aromatic nitrogens is 1. The number of carbonyl (C=O) groups is 2. The minimum absolute atomic E-state index is 0.0230. The van der Waals surface area contributed by atoms with E-state index in [0.29, 0.717) is 12.4 Å². The van der Waals surface area contributed by atoms with Crippen molar-refractivity contribution < 1.29 is 27.5 Å². The number of benzene rings is 1. The van der Waals surface area contributed by atoms with Crippen LogP contribution >= 0.6 is 0 Å². The van der Waals surface area contributed by atoms with Gasteiger partial charge in [-0.15, -0.1) is 0 Å². The van der Waals surface area contributed by atoms with Gasteiger partial charge in [0.2, 0.25) is 5.82 Å². The van der Waals surface area contributed by atoms with Crippen molar-refractivity contribution in [2.75, 3.05) is 0 Å². The number of halogens is 3. The van der Waals surface area contributed by atoms with Crippen LogP contribution in [-0.4, -0.2) is 17.2 Å². The molecule has 2 rings (SSSR count). The number of hydrogen-bond donors (Lipinski definition) is 0. The van der Waals surface area contributed by atoms with E-state index in [1.807, 2.05) is 0 Å². The maximum atomic E-state index is 13.3. The highest BCUT2D eigenvalue weighted by Crippen LogP contribution is 2.22. The molecule has 1 aromatic heterocycles. The topological polar surface area (TPSA) is 56.3 Å². The number of ether oxygens (including phenoxy) is 1. The van der Waals surface area contributed by atoms with Crippen molar-refractivity contribution in [2.24, 2.45) is 0 Å². The summed E-state index contributed by atoms with van der Waals surface area (Å²) in [5.74, 6) is -6.64. The first-order valence-electron chi connectivity index (χ1n) is 5.31. The highest BCUT2D eigenvalue weighted by atomic mass is 19.2. The van der Waals surface area contributed by atoms with Gasteiger partial charge < -0.3 is 4.74 Å². The standard InChI is InChI=1S/C13H6F3NO3/c14-8-4-5-10(12(16)11(8)15)20-13(19)9-3-1-2-7(6-18)17-9/h1-6H. The molecule has 0 aliphatic rings. The molecule has 0 radical (unpaired) electrons. The number of pyridine rings is 1. The first kappa shape index (κ1) is 13.7. The molecular weight excluding hydrogens is 275 g/mol. The van der Waals surface area contributed by atoms with E-state index in [2.05, 4.69) is 9.72 Å². The number of rotatable bonds is 3. The summed E-state index contributed by atoms with van der Waals surface area (Å²) in [6, 6.07) is 5.34. The van der Waals surface area contributed by atoms with Crippen LogP contribution in [0.5, 0.6) is 5.75 Å². The Kier molecular flexibility index (Phi) is 3.79.